The zero-order valence-corrected chi connectivity index (χ0v) is 15.9. The minimum Gasteiger partial charge on any atom is -0.481 e. The molecular formula is C22H24N2O4. The Morgan fingerprint density at radius 3 is 2.57 bits per heavy atom. The Morgan fingerprint density at radius 1 is 1.04 bits per heavy atom. The first-order valence-electron chi connectivity index (χ1n) is 9.73. The third-order valence-electron chi connectivity index (χ3n) is 5.94. The monoisotopic (exact) mass is 380 g/mol. The molecule has 1 amide bonds. The Kier molecular flexibility index (Phi) is 4.79. The number of carboxylic acid groups (broad SMARTS) is 1. The van der Waals surface area contributed by atoms with E-state index in [1.807, 2.05) is 47.9 Å². The Labute approximate surface area is 163 Å². The van der Waals surface area contributed by atoms with Crippen LogP contribution in [0.1, 0.15) is 36.4 Å². The molecule has 2 aliphatic heterocycles. The number of rotatable bonds is 4. The second-order valence-electron chi connectivity index (χ2n) is 7.89. The number of aryl methyl sites for hydroxylation is 1. The molecule has 146 valence electrons. The van der Waals surface area contributed by atoms with Crippen molar-refractivity contribution in [3.8, 4) is 11.1 Å². The van der Waals surface area contributed by atoms with Crippen LogP contribution in [0.25, 0.3) is 11.1 Å². The number of fused-ring (bicyclic) bond motifs is 4. The fourth-order valence-corrected chi connectivity index (χ4v) is 4.60. The molecule has 1 N–H and O–H groups in total. The first-order chi connectivity index (χ1) is 13.4. The number of nitrogens with zero attached hydrogens (tertiary/aromatic N) is 2. The highest BCUT2D eigenvalue weighted by Gasteiger charge is 2.36. The number of carbonyl (C=O) groups excluding carboxylic acids is 1. The van der Waals surface area contributed by atoms with E-state index in [2.05, 4.69) is 0 Å². The second kappa shape index (κ2) is 7.26. The summed E-state index contributed by atoms with van der Waals surface area (Å²) in [6.07, 6.45) is 0.861. The molecule has 1 aromatic heterocycles. The quantitative estimate of drug-likeness (QED) is 0.884. The molecule has 28 heavy (non-hydrogen) atoms. The van der Waals surface area contributed by atoms with Gasteiger partial charge in [0.25, 0.3) is 5.56 Å². The largest absolute Gasteiger partial charge is 0.481 e. The van der Waals surface area contributed by atoms with Crippen molar-refractivity contribution in [3.63, 3.8) is 0 Å². The number of carbonyl (C=O) groups is 2. The predicted molar refractivity (Wildman–Crippen MR) is 105 cm³/mol. The molecule has 1 fully saturated rings. The number of hydrogen-bond donors (Lipinski definition) is 1. The molecule has 1 saturated heterocycles. The van der Waals surface area contributed by atoms with Crippen LogP contribution in [-0.2, 0) is 16.1 Å². The lowest BCUT2D eigenvalue weighted by atomic mass is 9.82. The summed E-state index contributed by atoms with van der Waals surface area (Å²) in [6, 6.07) is 11.8. The van der Waals surface area contributed by atoms with Crippen LogP contribution in [0.2, 0.25) is 0 Å². The van der Waals surface area contributed by atoms with Gasteiger partial charge in [0.05, 0.1) is 6.42 Å². The number of aliphatic carboxylic acids is 1. The summed E-state index contributed by atoms with van der Waals surface area (Å²) in [4.78, 5) is 38.1. The standard InChI is InChI=1S/C22H24N2O4/c1-14-4-2-3-5-17(14)18-6-7-19-16-10-15(12-24(19)22(18)28)11-23(13-16)20(25)8-9-21(26)27/h2-7,15-16H,8-13H2,1H3,(H,26,27). The lowest BCUT2D eigenvalue weighted by Crippen LogP contribution is -2.49. The van der Waals surface area contributed by atoms with E-state index >= 15 is 0 Å². The highest BCUT2D eigenvalue weighted by molar-refractivity contribution is 5.81. The molecule has 2 unspecified atom stereocenters. The van der Waals surface area contributed by atoms with Gasteiger partial charge in [-0.3, -0.25) is 14.4 Å². The highest BCUT2D eigenvalue weighted by atomic mass is 16.4. The van der Waals surface area contributed by atoms with Gasteiger partial charge in [0.15, 0.2) is 0 Å². The van der Waals surface area contributed by atoms with Crippen LogP contribution in [-0.4, -0.2) is 39.5 Å². The van der Waals surface area contributed by atoms with E-state index in [4.69, 9.17) is 5.11 Å². The molecule has 3 heterocycles. The van der Waals surface area contributed by atoms with Gasteiger partial charge in [-0.05, 0) is 42.5 Å². The minimum atomic E-state index is -0.953. The summed E-state index contributed by atoms with van der Waals surface area (Å²) in [7, 11) is 0. The number of piperidine rings is 1. The van der Waals surface area contributed by atoms with Gasteiger partial charge in [-0.1, -0.05) is 24.3 Å². The SMILES string of the molecule is Cc1ccccc1-c1ccc2n(c1=O)CC1CC2CN(C(=O)CCC(=O)O)C1. The van der Waals surface area contributed by atoms with Gasteiger partial charge < -0.3 is 14.6 Å². The Bertz CT molecular complexity index is 994. The Hall–Kier alpha value is -2.89. The van der Waals surface area contributed by atoms with E-state index in [0.29, 0.717) is 19.6 Å². The lowest BCUT2D eigenvalue weighted by molar-refractivity contribution is -0.141. The van der Waals surface area contributed by atoms with Gasteiger partial charge in [-0.15, -0.1) is 0 Å². The topological polar surface area (TPSA) is 79.6 Å². The summed E-state index contributed by atoms with van der Waals surface area (Å²) < 4.78 is 1.89. The molecule has 0 saturated carbocycles. The highest BCUT2D eigenvalue weighted by Crippen LogP contribution is 2.36. The predicted octanol–water partition coefficient (Wildman–Crippen LogP) is 2.63. The molecule has 4 rings (SSSR count). The molecule has 2 aromatic rings. The minimum absolute atomic E-state index is 0.0344. The number of aromatic nitrogens is 1. The third-order valence-corrected chi connectivity index (χ3v) is 5.94. The lowest BCUT2D eigenvalue weighted by Gasteiger charge is -2.43. The number of benzene rings is 1. The third kappa shape index (κ3) is 3.35. The number of pyridine rings is 1. The van der Waals surface area contributed by atoms with Gasteiger partial charge in [0.1, 0.15) is 0 Å². The number of carboxylic acids is 1. The first-order valence-corrected chi connectivity index (χ1v) is 9.73. The zero-order chi connectivity index (χ0) is 19.8. The van der Waals surface area contributed by atoms with Crippen molar-refractivity contribution in [1.82, 2.24) is 9.47 Å². The summed E-state index contributed by atoms with van der Waals surface area (Å²) in [5, 5.41) is 8.81. The van der Waals surface area contributed by atoms with Gasteiger partial charge >= 0.3 is 5.97 Å². The number of likely N-dealkylation sites (tertiary alicyclic amines) is 1. The molecule has 0 aliphatic carbocycles. The average Bonchev–Trinajstić information content (AvgIpc) is 2.67. The van der Waals surface area contributed by atoms with E-state index in [0.717, 1.165) is 28.8 Å². The van der Waals surface area contributed by atoms with Crippen LogP contribution in [0.5, 0.6) is 0 Å². The van der Waals surface area contributed by atoms with E-state index in [1.54, 1.807) is 4.90 Å². The van der Waals surface area contributed by atoms with Gasteiger partial charge in [-0.2, -0.15) is 0 Å². The van der Waals surface area contributed by atoms with Crippen molar-refractivity contribution in [1.29, 1.82) is 0 Å². The van der Waals surface area contributed by atoms with E-state index in [9.17, 15) is 14.4 Å². The summed E-state index contributed by atoms with van der Waals surface area (Å²) in [5.74, 6) is -0.708. The summed E-state index contributed by atoms with van der Waals surface area (Å²) in [5.41, 5.74) is 3.77. The maximum Gasteiger partial charge on any atom is 0.303 e. The van der Waals surface area contributed by atoms with Crippen LogP contribution >= 0.6 is 0 Å². The Morgan fingerprint density at radius 2 is 1.82 bits per heavy atom. The normalized spacial score (nSPS) is 20.5. The van der Waals surface area contributed by atoms with Crippen LogP contribution in [0.15, 0.2) is 41.2 Å². The maximum atomic E-state index is 13.2. The van der Waals surface area contributed by atoms with Crippen molar-refractivity contribution < 1.29 is 14.7 Å². The van der Waals surface area contributed by atoms with E-state index in [-0.39, 0.29) is 36.1 Å². The van der Waals surface area contributed by atoms with Crippen LogP contribution in [0.4, 0.5) is 0 Å². The molecule has 2 aliphatic rings. The van der Waals surface area contributed by atoms with Crippen molar-refractivity contribution in [3.05, 3.63) is 58.0 Å². The van der Waals surface area contributed by atoms with Crippen molar-refractivity contribution in [2.24, 2.45) is 5.92 Å². The van der Waals surface area contributed by atoms with Crippen LogP contribution < -0.4 is 5.56 Å². The fourth-order valence-electron chi connectivity index (χ4n) is 4.60. The van der Waals surface area contributed by atoms with Crippen LogP contribution in [0, 0.1) is 12.8 Å². The molecule has 2 atom stereocenters. The zero-order valence-electron chi connectivity index (χ0n) is 15.9. The number of hydrogen-bond acceptors (Lipinski definition) is 3. The molecule has 6 heteroatoms. The van der Waals surface area contributed by atoms with Crippen molar-refractivity contribution in [2.45, 2.75) is 38.6 Å². The molecule has 0 spiro atoms. The first kappa shape index (κ1) is 18.5. The van der Waals surface area contributed by atoms with E-state index in [1.165, 1.54) is 0 Å². The fraction of sp³-hybridized carbons (Fsp3) is 0.409. The van der Waals surface area contributed by atoms with Crippen molar-refractivity contribution >= 4 is 11.9 Å². The maximum absolute atomic E-state index is 13.2. The molecular weight excluding hydrogens is 356 g/mol. The smallest absolute Gasteiger partial charge is 0.303 e. The summed E-state index contributed by atoms with van der Waals surface area (Å²) >= 11 is 0. The summed E-state index contributed by atoms with van der Waals surface area (Å²) in [6.45, 7) is 3.76. The second-order valence-corrected chi connectivity index (χ2v) is 7.89. The molecule has 6 nitrogen and oxygen atoms in total. The van der Waals surface area contributed by atoms with E-state index < -0.39 is 5.97 Å². The molecule has 2 bridgehead atoms. The number of amides is 1. The van der Waals surface area contributed by atoms with Gasteiger partial charge in [0.2, 0.25) is 5.91 Å². The van der Waals surface area contributed by atoms with Crippen LogP contribution in [0.3, 0.4) is 0 Å². The van der Waals surface area contributed by atoms with Crippen molar-refractivity contribution in [2.75, 3.05) is 13.1 Å². The van der Waals surface area contributed by atoms with Gasteiger partial charge in [0, 0.05) is 43.2 Å². The van der Waals surface area contributed by atoms with Gasteiger partial charge in [-0.25, -0.2) is 0 Å². The molecule has 1 aromatic carbocycles. The average molecular weight is 380 g/mol. The molecule has 0 radical (unpaired) electrons. The Balaban J connectivity index is 1.62.